The third-order valence-electron chi connectivity index (χ3n) is 3.40. The summed E-state index contributed by atoms with van der Waals surface area (Å²) in [6.45, 7) is 5.07. The molecule has 0 N–H and O–H groups in total. The Labute approximate surface area is 122 Å². The largest absolute Gasteiger partial charge is 0.372 e. The van der Waals surface area contributed by atoms with E-state index in [9.17, 15) is 4.79 Å². The van der Waals surface area contributed by atoms with Gasteiger partial charge in [-0.15, -0.1) is 0 Å². The van der Waals surface area contributed by atoms with Crippen LogP contribution in [0.4, 0.5) is 0 Å². The minimum Gasteiger partial charge on any atom is -0.372 e. The van der Waals surface area contributed by atoms with Gasteiger partial charge in [0.25, 0.3) is 5.91 Å². The van der Waals surface area contributed by atoms with E-state index in [4.69, 9.17) is 16.3 Å². The lowest BCUT2D eigenvalue weighted by Gasteiger charge is -2.35. The number of imidazole rings is 1. The van der Waals surface area contributed by atoms with Crippen LogP contribution in [0.5, 0.6) is 0 Å². The van der Waals surface area contributed by atoms with Gasteiger partial charge in [-0.25, -0.2) is 4.98 Å². The summed E-state index contributed by atoms with van der Waals surface area (Å²) < 4.78 is 7.38. The second-order valence-corrected chi connectivity index (χ2v) is 5.51. The Kier molecular flexibility index (Phi) is 3.40. The van der Waals surface area contributed by atoms with E-state index in [0.29, 0.717) is 24.4 Å². The van der Waals surface area contributed by atoms with Gasteiger partial charge in [0.05, 0.1) is 12.2 Å². The summed E-state index contributed by atoms with van der Waals surface area (Å²) in [6.07, 6.45) is 1.86. The van der Waals surface area contributed by atoms with E-state index in [-0.39, 0.29) is 23.3 Å². The van der Waals surface area contributed by atoms with Gasteiger partial charge in [0.1, 0.15) is 5.65 Å². The molecule has 20 heavy (non-hydrogen) atoms. The zero-order valence-corrected chi connectivity index (χ0v) is 12.2. The van der Waals surface area contributed by atoms with Crippen LogP contribution in [-0.2, 0) is 4.74 Å². The number of aromatic nitrogens is 2. The van der Waals surface area contributed by atoms with Gasteiger partial charge in [-0.3, -0.25) is 9.20 Å². The van der Waals surface area contributed by atoms with E-state index >= 15 is 0 Å². The van der Waals surface area contributed by atoms with E-state index in [1.165, 1.54) is 0 Å². The van der Waals surface area contributed by atoms with Gasteiger partial charge in [0, 0.05) is 19.3 Å². The van der Waals surface area contributed by atoms with Crippen molar-refractivity contribution in [1.29, 1.82) is 0 Å². The molecular formula is C14H16ClN3O2. The summed E-state index contributed by atoms with van der Waals surface area (Å²) in [6, 6.07) is 5.55. The minimum atomic E-state index is -0.101. The van der Waals surface area contributed by atoms with Crippen LogP contribution in [0.25, 0.3) is 5.65 Å². The highest BCUT2D eigenvalue weighted by atomic mass is 35.5. The number of carbonyl (C=O) groups excluding carboxylic acids is 1. The van der Waals surface area contributed by atoms with Crippen LogP contribution in [0.3, 0.4) is 0 Å². The molecule has 1 fully saturated rings. The maximum atomic E-state index is 12.7. The molecule has 2 aromatic rings. The van der Waals surface area contributed by atoms with Crippen molar-refractivity contribution in [3.05, 3.63) is 35.2 Å². The Bertz CT molecular complexity index is 645. The van der Waals surface area contributed by atoms with Gasteiger partial charge in [-0.1, -0.05) is 17.7 Å². The van der Waals surface area contributed by atoms with E-state index in [1.54, 1.807) is 15.5 Å². The first kappa shape index (κ1) is 13.4. The molecule has 0 saturated carbocycles. The lowest BCUT2D eigenvalue weighted by atomic mass is 10.2. The third kappa shape index (κ3) is 2.27. The monoisotopic (exact) mass is 293 g/mol. The molecule has 0 aliphatic carbocycles. The molecule has 2 atom stereocenters. The highest BCUT2D eigenvalue weighted by Gasteiger charge is 2.29. The number of morpholine rings is 1. The Hall–Kier alpha value is -1.59. The number of amides is 1. The summed E-state index contributed by atoms with van der Waals surface area (Å²) in [4.78, 5) is 18.7. The van der Waals surface area contributed by atoms with Crippen molar-refractivity contribution in [2.45, 2.75) is 26.1 Å². The van der Waals surface area contributed by atoms with E-state index in [0.717, 1.165) is 0 Å². The van der Waals surface area contributed by atoms with Gasteiger partial charge in [-0.05, 0) is 26.0 Å². The Balaban J connectivity index is 1.98. The summed E-state index contributed by atoms with van der Waals surface area (Å²) in [5.41, 5.74) is 1.10. The number of nitrogens with zero attached hydrogens (tertiary/aromatic N) is 3. The summed E-state index contributed by atoms with van der Waals surface area (Å²) in [7, 11) is 0. The molecule has 0 radical (unpaired) electrons. The molecule has 106 valence electrons. The van der Waals surface area contributed by atoms with Crippen molar-refractivity contribution in [3.8, 4) is 0 Å². The number of rotatable bonds is 1. The molecule has 6 heteroatoms. The number of halogens is 1. The summed E-state index contributed by atoms with van der Waals surface area (Å²) >= 11 is 6.14. The van der Waals surface area contributed by atoms with Crippen LogP contribution in [0.15, 0.2) is 24.4 Å². The third-order valence-corrected chi connectivity index (χ3v) is 3.66. The fourth-order valence-electron chi connectivity index (χ4n) is 2.65. The van der Waals surface area contributed by atoms with Gasteiger partial charge < -0.3 is 9.64 Å². The zero-order chi connectivity index (χ0) is 14.3. The van der Waals surface area contributed by atoms with Crippen molar-refractivity contribution < 1.29 is 9.53 Å². The number of fused-ring (bicyclic) bond motifs is 1. The first-order valence-corrected chi connectivity index (χ1v) is 7.01. The minimum absolute atomic E-state index is 0.0284. The summed E-state index contributed by atoms with van der Waals surface area (Å²) in [5, 5.41) is 0.244. The first-order valence-electron chi connectivity index (χ1n) is 6.63. The molecule has 5 nitrogen and oxygen atoms in total. The molecule has 2 aromatic heterocycles. The second kappa shape index (κ2) is 5.07. The average molecular weight is 294 g/mol. The van der Waals surface area contributed by atoms with E-state index in [1.807, 2.05) is 32.0 Å². The fraction of sp³-hybridized carbons (Fsp3) is 0.429. The number of ether oxygens (including phenoxy) is 1. The van der Waals surface area contributed by atoms with Gasteiger partial charge in [-0.2, -0.15) is 0 Å². The van der Waals surface area contributed by atoms with Crippen molar-refractivity contribution in [1.82, 2.24) is 14.3 Å². The van der Waals surface area contributed by atoms with Crippen LogP contribution in [0.1, 0.15) is 24.3 Å². The molecule has 3 heterocycles. The van der Waals surface area contributed by atoms with Crippen LogP contribution in [0, 0.1) is 0 Å². The highest BCUT2D eigenvalue weighted by Crippen LogP contribution is 2.21. The quantitative estimate of drug-likeness (QED) is 0.810. The number of carbonyl (C=O) groups is 1. The molecular weight excluding hydrogens is 278 g/mol. The van der Waals surface area contributed by atoms with Gasteiger partial charge in [0.15, 0.2) is 10.8 Å². The fourth-order valence-corrected chi connectivity index (χ4v) is 2.91. The van der Waals surface area contributed by atoms with Crippen LogP contribution in [-0.4, -0.2) is 45.5 Å². The topological polar surface area (TPSA) is 46.8 Å². The second-order valence-electron chi connectivity index (χ2n) is 5.15. The standard InChI is InChI=1S/C14H16ClN3O2/c1-9-7-17(8-10(2)20-9)14(19)12-13(15)16-11-5-3-4-6-18(11)12/h3-6,9-10H,7-8H2,1-2H3. The van der Waals surface area contributed by atoms with E-state index < -0.39 is 0 Å². The normalized spacial score (nSPS) is 23.2. The molecule has 0 spiro atoms. The zero-order valence-electron chi connectivity index (χ0n) is 11.4. The Morgan fingerprint density at radius 1 is 1.35 bits per heavy atom. The highest BCUT2D eigenvalue weighted by molar-refractivity contribution is 6.32. The SMILES string of the molecule is CC1CN(C(=O)c2c(Cl)nc3ccccn23)CC(C)O1. The molecule has 1 aliphatic rings. The maximum Gasteiger partial charge on any atom is 0.274 e. The van der Waals surface area contributed by atoms with Crippen molar-refractivity contribution >= 4 is 23.2 Å². The van der Waals surface area contributed by atoms with Crippen LogP contribution >= 0.6 is 11.6 Å². The first-order chi connectivity index (χ1) is 9.56. The van der Waals surface area contributed by atoms with Crippen molar-refractivity contribution in [2.24, 2.45) is 0 Å². The average Bonchev–Trinajstić information content (AvgIpc) is 2.72. The van der Waals surface area contributed by atoms with Crippen LogP contribution in [0.2, 0.25) is 5.15 Å². The van der Waals surface area contributed by atoms with Crippen LogP contribution < -0.4 is 0 Å². The van der Waals surface area contributed by atoms with Gasteiger partial charge in [0.2, 0.25) is 0 Å². The number of pyridine rings is 1. The predicted molar refractivity (Wildman–Crippen MR) is 76.1 cm³/mol. The molecule has 2 unspecified atom stereocenters. The molecule has 3 rings (SSSR count). The lowest BCUT2D eigenvalue weighted by Crippen LogP contribution is -2.48. The maximum absolute atomic E-state index is 12.7. The van der Waals surface area contributed by atoms with Crippen molar-refractivity contribution in [2.75, 3.05) is 13.1 Å². The molecule has 1 aliphatic heterocycles. The molecule has 0 bridgehead atoms. The van der Waals surface area contributed by atoms with Crippen molar-refractivity contribution in [3.63, 3.8) is 0 Å². The summed E-state index contributed by atoms with van der Waals surface area (Å²) in [5.74, 6) is -0.101. The number of hydrogen-bond acceptors (Lipinski definition) is 3. The Morgan fingerprint density at radius 2 is 2.05 bits per heavy atom. The lowest BCUT2D eigenvalue weighted by molar-refractivity contribution is -0.0587. The predicted octanol–water partition coefficient (Wildman–Crippen LogP) is 2.24. The number of hydrogen-bond donors (Lipinski definition) is 0. The Morgan fingerprint density at radius 3 is 2.75 bits per heavy atom. The molecule has 1 saturated heterocycles. The van der Waals surface area contributed by atoms with Gasteiger partial charge >= 0.3 is 0 Å². The molecule has 0 aromatic carbocycles. The molecule has 1 amide bonds. The smallest absolute Gasteiger partial charge is 0.274 e. The van der Waals surface area contributed by atoms with E-state index in [2.05, 4.69) is 4.98 Å².